The SMILES string of the molecule is COc1ccc(CN(C)C(=O)C2(n3cccn3)CCNCC2)cc1.Cl. The summed E-state index contributed by atoms with van der Waals surface area (Å²) in [7, 11) is 3.51. The normalized spacial score (nSPS) is 15.9. The van der Waals surface area contributed by atoms with Crippen LogP contribution in [0.3, 0.4) is 0 Å². The van der Waals surface area contributed by atoms with Gasteiger partial charge in [-0.2, -0.15) is 5.10 Å². The minimum Gasteiger partial charge on any atom is -0.497 e. The van der Waals surface area contributed by atoms with Gasteiger partial charge in [0.1, 0.15) is 11.3 Å². The summed E-state index contributed by atoms with van der Waals surface area (Å²) >= 11 is 0. The number of halogens is 1. The molecule has 2 aromatic rings. The molecule has 2 heterocycles. The number of carbonyl (C=O) groups excluding carboxylic acids is 1. The van der Waals surface area contributed by atoms with Crippen LogP contribution in [0, 0.1) is 0 Å². The zero-order chi connectivity index (χ0) is 17.0. The molecule has 1 amide bonds. The summed E-state index contributed by atoms with van der Waals surface area (Å²) in [6.45, 7) is 2.21. The van der Waals surface area contributed by atoms with E-state index in [1.54, 1.807) is 18.2 Å². The van der Waals surface area contributed by atoms with E-state index in [1.165, 1.54) is 0 Å². The van der Waals surface area contributed by atoms with Crippen molar-refractivity contribution in [2.24, 2.45) is 0 Å². The first kappa shape index (κ1) is 19.3. The average molecular weight is 365 g/mol. The highest BCUT2D eigenvalue weighted by molar-refractivity contribution is 5.85. The highest BCUT2D eigenvalue weighted by atomic mass is 35.5. The number of hydrogen-bond acceptors (Lipinski definition) is 4. The van der Waals surface area contributed by atoms with Gasteiger partial charge in [-0.3, -0.25) is 9.48 Å². The number of piperidine rings is 1. The first-order chi connectivity index (χ1) is 11.7. The number of likely N-dealkylation sites (N-methyl/N-ethyl adjacent to an activating group) is 1. The fraction of sp³-hybridized carbons (Fsp3) is 0.444. The van der Waals surface area contributed by atoms with E-state index in [4.69, 9.17) is 4.74 Å². The summed E-state index contributed by atoms with van der Waals surface area (Å²) < 4.78 is 7.02. The molecule has 0 aliphatic carbocycles. The summed E-state index contributed by atoms with van der Waals surface area (Å²) in [5.74, 6) is 0.933. The molecule has 25 heavy (non-hydrogen) atoms. The molecular weight excluding hydrogens is 340 g/mol. The Kier molecular flexibility index (Phi) is 6.45. The number of nitrogens with zero attached hydrogens (tertiary/aromatic N) is 3. The minimum absolute atomic E-state index is 0. The lowest BCUT2D eigenvalue weighted by molar-refractivity contribution is -0.142. The van der Waals surface area contributed by atoms with Crippen molar-refractivity contribution in [3.05, 3.63) is 48.3 Å². The van der Waals surface area contributed by atoms with Crippen molar-refractivity contribution in [1.82, 2.24) is 20.0 Å². The van der Waals surface area contributed by atoms with E-state index >= 15 is 0 Å². The van der Waals surface area contributed by atoms with Gasteiger partial charge < -0.3 is 15.0 Å². The Morgan fingerprint density at radius 2 is 2.00 bits per heavy atom. The molecule has 0 bridgehead atoms. The third kappa shape index (κ3) is 3.96. The lowest BCUT2D eigenvalue weighted by Gasteiger charge is -2.39. The van der Waals surface area contributed by atoms with Crippen molar-refractivity contribution < 1.29 is 9.53 Å². The Morgan fingerprint density at radius 3 is 2.56 bits per heavy atom. The number of ether oxygens (including phenoxy) is 1. The maximum atomic E-state index is 13.3. The number of methoxy groups -OCH3 is 1. The fourth-order valence-corrected chi connectivity index (χ4v) is 3.34. The van der Waals surface area contributed by atoms with Crippen LogP contribution in [0.5, 0.6) is 5.75 Å². The number of hydrogen-bond donors (Lipinski definition) is 1. The Labute approximate surface area is 154 Å². The van der Waals surface area contributed by atoms with Gasteiger partial charge in [0.2, 0.25) is 0 Å². The second kappa shape index (κ2) is 8.36. The molecule has 1 aromatic carbocycles. The van der Waals surface area contributed by atoms with E-state index in [9.17, 15) is 4.79 Å². The molecule has 3 rings (SSSR count). The van der Waals surface area contributed by atoms with Crippen molar-refractivity contribution in [2.75, 3.05) is 27.2 Å². The third-order valence-corrected chi connectivity index (χ3v) is 4.70. The molecular formula is C18H25ClN4O2. The van der Waals surface area contributed by atoms with Gasteiger partial charge in [-0.1, -0.05) is 12.1 Å². The highest BCUT2D eigenvalue weighted by Gasteiger charge is 2.43. The molecule has 7 heteroatoms. The lowest BCUT2D eigenvalue weighted by Crippen LogP contribution is -2.54. The van der Waals surface area contributed by atoms with Gasteiger partial charge >= 0.3 is 0 Å². The Bertz CT molecular complexity index is 667. The van der Waals surface area contributed by atoms with Gasteiger partial charge in [-0.05, 0) is 49.7 Å². The van der Waals surface area contributed by atoms with Crippen LogP contribution in [0.4, 0.5) is 0 Å². The van der Waals surface area contributed by atoms with Gasteiger partial charge in [-0.25, -0.2) is 0 Å². The third-order valence-electron chi connectivity index (χ3n) is 4.70. The molecule has 1 aliphatic heterocycles. The van der Waals surface area contributed by atoms with Crippen LogP contribution < -0.4 is 10.1 Å². The molecule has 1 N–H and O–H groups in total. The van der Waals surface area contributed by atoms with Crippen molar-refractivity contribution in [3.63, 3.8) is 0 Å². The predicted molar refractivity (Wildman–Crippen MR) is 99.0 cm³/mol. The van der Waals surface area contributed by atoms with E-state index in [0.29, 0.717) is 6.54 Å². The van der Waals surface area contributed by atoms with Gasteiger partial charge in [0.25, 0.3) is 5.91 Å². The van der Waals surface area contributed by atoms with Crippen LogP contribution in [0.1, 0.15) is 18.4 Å². The largest absolute Gasteiger partial charge is 0.497 e. The average Bonchev–Trinajstić information content (AvgIpc) is 3.17. The number of rotatable bonds is 5. The Balaban J connectivity index is 0.00000225. The van der Waals surface area contributed by atoms with Gasteiger partial charge in [0, 0.05) is 26.0 Å². The molecule has 0 spiro atoms. The Morgan fingerprint density at radius 1 is 1.32 bits per heavy atom. The summed E-state index contributed by atoms with van der Waals surface area (Å²) in [6.07, 6.45) is 5.13. The molecule has 0 atom stereocenters. The quantitative estimate of drug-likeness (QED) is 0.882. The second-order valence-electron chi connectivity index (χ2n) is 6.24. The number of nitrogens with one attached hydrogen (secondary N) is 1. The summed E-state index contributed by atoms with van der Waals surface area (Å²) in [4.78, 5) is 15.1. The zero-order valence-corrected chi connectivity index (χ0v) is 15.5. The number of benzene rings is 1. The summed E-state index contributed by atoms with van der Waals surface area (Å²) in [6, 6.07) is 9.70. The first-order valence-electron chi connectivity index (χ1n) is 8.25. The molecule has 1 aromatic heterocycles. The van der Waals surface area contributed by atoms with E-state index in [1.807, 2.05) is 48.3 Å². The number of carbonyl (C=O) groups is 1. The smallest absolute Gasteiger partial charge is 0.250 e. The van der Waals surface area contributed by atoms with E-state index in [2.05, 4.69) is 10.4 Å². The van der Waals surface area contributed by atoms with Crippen molar-refractivity contribution in [3.8, 4) is 5.75 Å². The topological polar surface area (TPSA) is 59.4 Å². The molecule has 6 nitrogen and oxygen atoms in total. The monoisotopic (exact) mass is 364 g/mol. The van der Waals surface area contributed by atoms with Crippen LogP contribution in [0.2, 0.25) is 0 Å². The molecule has 1 saturated heterocycles. The molecule has 0 unspecified atom stereocenters. The molecule has 1 fully saturated rings. The van der Waals surface area contributed by atoms with Crippen molar-refractivity contribution in [1.29, 1.82) is 0 Å². The van der Waals surface area contributed by atoms with Gasteiger partial charge in [0.15, 0.2) is 0 Å². The van der Waals surface area contributed by atoms with Crippen molar-refractivity contribution in [2.45, 2.75) is 24.9 Å². The number of aromatic nitrogens is 2. The first-order valence-corrected chi connectivity index (χ1v) is 8.25. The summed E-state index contributed by atoms with van der Waals surface area (Å²) in [5.41, 5.74) is 0.492. The molecule has 0 radical (unpaired) electrons. The van der Waals surface area contributed by atoms with Crippen LogP contribution in [0.15, 0.2) is 42.7 Å². The minimum atomic E-state index is -0.587. The fourth-order valence-electron chi connectivity index (χ4n) is 3.34. The van der Waals surface area contributed by atoms with E-state index in [0.717, 1.165) is 37.2 Å². The van der Waals surface area contributed by atoms with Crippen LogP contribution in [-0.2, 0) is 16.9 Å². The standard InChI is InChI=1S/C18H24N4O2.ClH/c1-21(14-15-4-6-16(24-2)7-5-15)17(23)18(8-11-19-12-9-18)22-13-3-10-20-22;/h3-7,10,13,19H,8-9,11-12,14H2,1-2H3;1H. The number of amides is 1. The lowest BCUT2D eigenvalue weighted by atomic mass is 9.86. The molecule has 136 valence electrons. The highest BCUT2D eigenvalue weighted by Crippen LogP contribution is 2.29. The van der Waals surface area contributed by atoms with E-state index in [-0.39, 0.29) is 18.3 Å². The van der Waals surface area contributed by atoms with Crippen LogP contribution >= 0.6 is 12.4 Å². The maximum Gasteiger partial charge on any atom is 0.250 e. The van der Waals surface area contributed by atoms with Gasteiger partial charge in [0.05, 0.1) is 7.11 Å². The molecule has 1 aliphatic rings. The summed E-state index contributed by atoms with van der Waals surface area (Å²) in [5, 5.41) is 7.70. The zero-order valence-electron chi connectivity index (χ0n) is 14.6. The maximum absolute atomic E-state index is 13.3. The molecule has 0 saturated carbocycles. The second-order valence-corrected chi connectivity index (χ2v) is 6.24. The Hall–Kier alpha value is -2.05. The van der Waals surface area contributed by atoms with Crippen LogP contribution in [0.25, 0.3) is 0 Å². The van der Waals surface area contributed by atoms with Crippen LogP contribution in [-0.4, -0.2) is 47.8 Å². The van der Waals surface area contributed by atoms with E-state index < -0.39 is 5.54 Å². The predicted octanol–water partition coefficient (Wildman–Crippen LogP) is 2.05. The van der Waals surface area contributed by atoms with Gasteiger partial charge in [-0.15, -0.1) is 12.4 Å². The van der Waals surface area contributed by atoms with Crippen molar-refractivity contribution >= 4 is 18.3 Å².